The fourth-order valence-corrected chi connectivity index (χ4v) is 4.09. The highest BCUT2D eigenvalue weighted by molar-refractivity contribution is 5.95. The number of piperazine rings is 1. The van der Waals surface area contributed by atoms with Crippen LogP contribution in [0.4, 0.5) is 4.79 Å². The van der Waals surface area contributed by atoms with Crippen molar-refractivity contribution in [1.82, 2.24) is 20.4 Å². The molecule has 0 radical (unpaired) electrons. The maximum atomic E-state index is 12.9. The average molecular weight is 453 g/mol. The molecule has 1 aromatic heterocycles. The van der Waals surface area contributed by atoms with Gasteiger partial charge in [0.05, 0.1) is 24.5 Å². The molecule has 2 N–H and O–H groups in total. The number of nitrogens with one attached hydrogen (secondary N) is 2. The highest BCUT2D eigenvalue weighted by Crippen LogP contribution is 2.28. The summed E-state index contributed by atoms with van der Waals surface area (Å²) < 4.78 is 10.5. The molecule has 2 aliphatic heterocycles. The highest BCUT2D eigenvalue weighted by atomic mass is 16.5. The smallest absolute Gasteiger partial charge is 0.338 e. The van der Waals surface area contributed by atoms with Crippen molar-refractivity contribution < 1.29 is 23.5 Å². The molecule has 2 aromatic rings. The van der Waals surface area contributed by atoms with Gasteiger partial charge in [-0.05, 0) is 31.5 Å². The second-order valence-corrected chi connectivity index (χ2v) is 8.10. The third-order valence-electron chi connectivity index (χ3n) is 5.83. The lowest BCUT2D eigenvalue weighted by Gasteiger charge is -2.36. The van der Waals surface area contributed by atoms with E-state index in [1.165, 1.54) is 6.26 Å². The van der Waals surface area contributed by atoms with Crippen molar-refractivity contribution in [2.24, 2.45) is 0 Å². The minimum atomic E-state index is -0.602. The van der Waals surface area contributed by atoms with E-state index in [1.54, 1.807) is 24.0 Å². The number of esters is 1. The first-order valence-corrected chi connectivity index (χ1v) is 11.1. The predicted octanol–water partition coefficient (Wildman–Crippen LogP) is 2.22. The molecule has 3 amide bonds. The molecule has 4 rings (SSSR count). The van der Waals surface area contributed by atoms with Gasteiger partial charge in [-0.3, -0.25) is 9.69 Å². The number of carbonyl (C=O) groups is 3. The van der Waals surface area contributed by atoms with E-state index in [9.17, 15) is 14.4 Å². The van der Waals surface area contributed by atoms with Crippen molar-refractivity contribution in [3.63, 3.8) is 0 Å². The molecular weight excluding hydrogens is 424 g/mol. The molecule has 1 fully saturated rings. The van der Waals surface area contributed by atoms with Crippen molar-refractivity contribution >= 4 is 17.9 Å². The summed E-state index contributed by atoms with van der Waals surface area (Å²) in [7, 11) is 0. The van der Waals surface area contributed by atoms with Gasteiger partial charge >= 0.3 is 12.0 Å². The van der Waals surface area contributed by atoms with Gasteiger partial charge in [-0.1, -0.05) is 29.8 Å². The first-order valence-electron chi connectivity index (χ1n) is 11.1. The summed E-state index contributed by atoms with van der Waals surface area (Å²) in [4.78, 5) is 41.8. The third kappa shape index (κ3) is 5.09. The second kappa shape index (κ2) is 9.91. The number of hydrogen-bond donors (Lipinski definition) is 2. The highest BCUT2D eigenvalue weighted by Gasteiger charge is 2.35. The van der Waals surface area contributed by atoms with E-state index >= 15 is 0 Å². The summed E-state index contributed by atoms with van der Waals surface area (Å²) >= 11 is 0. The van der Waals surface area contributed by atoms with Crippen molar-refractivity contribution in [2.45, 2.75) is 19.9 Å². The Hall–Kier alpha value is -3.59. The second-order valence-electron chi connectivity index (χ2n) is 8.10. The number of benzene rings is 1. The van der Waals surface area contributed by atoms with E-state index in [2.05, 4.69) is 15.5 Å². The number of furan rings is 1. The zero-order valence-electron chi connectivity index (χ0n) is 18.8. The first-order chi connectivity index (χ1) is 16.0. The zero-order chi connectivity index (χ0) is 23.4. The summed E-state index contributed by atoms with van der Waals surface area (Å²) in [6.45, 7) is 6.58. The Labute approximate surface area is 192 Å². The molecule has 0 aliphatic carbocycles. The van der Waals surface area contributed by atoms with Crippen molar-refractivity contribution in [2.75, 3.05) is 39.3 Å². The van der Waals surface area contributed by atoms with Crippen LogP contribution < -0.4 is 10.6 Å². The van der Waals surface area contributed by atoms with E-state index in [-0.39, 0.29) is 18.5 Å². The molecule has 0 saturated carbocycles. The lowest BCUT2D eigenvalue weighted by atomic mass is 9.94. The zero-order valence-corrected chi connectivity index (χ0v) is 18.8. The number of ether oxygens (including phenoxy) is 1. The quantitative estimate of drug-likeness (QED) is 0.652. The maximum Gasteiger partial charge on any atom is 0.338 e. The molecule has 9 nitrogen and oxygen atoms in total. The van der Waals surface area contributed by atoms with Gasteiger partial charge in [0.15, 0.2) is 5.76 Å². The molecule has 33 heavy (non-hydrogen) atoms. The molecule has 0 spiro atoms. The Balaban J connectivity index is 1.53. The largest absolute Gasteiger partial charge is 0.463 e. The average Bonchev–Trinajstić information content (AvgIpc) is 3.34. The number of aryl methyl sites for hydroxylation is 1. The van der Waals surface area contributed by atoms with E-state index in [0.717, 1.165) is 11.1 Å². The van der Waals surface area contributed by atoms with Gasteiger partial charge in [-0.25, -0.2) is 9.59 Å². The summed E-state index contributed by atoms with van der Waals surface area (Å²) in [6.07, 6.45) is 1.48. The van der Waals surface area contributed by atoms with Gasteiger partial charge in [0, 0.05) is 38.4 Å². The van der Waals surface area contributed by atoms with Crippen molar-refractivity contribution in [1.29, 1.82) is 0 Å². The number of carbonyl (C=O) groups excluding carboxylic acids is 3. The molecule has 2 aliphatic rings. The molecule has 174 valence electrons. The van der Waals surface area contributed by atoms with Gasteiger partial charge in [-0.2, -0.15) is 0 Å². The van der Waals surface area contributed by atoms with Crippen LogP contribution in [-0.4, -0.2) is 67.0 Å². The van der Waals surface area contributed by atoms with E-state index in [0.29, 0.717) is 49.8 Å². The molecule has 9 heteroatoms. The predicted molar refractivity (Wildman–Crippen MR) is 120 cm³/mol. The Bertz CT molecular complexity index is 1040. The summed E-state index contributed by atoms with van der Waals surface area (Å²) in [5.74, 6) is -0.278. The molecule has 1 aromatic carbocycles. The van der Waals surface area contributed by atoms with Crippen LogP contribution in [0.15, 0.2) is 58.3 Å². The summed E-state index contributed by atoms with van der Waals surface area (Å²) in [6, 6.07) is 10.1. The first kappa shape index (κ1) is 22.6. The fourth-order valence-electron chi connectivity index (χ4n) is 4.09. The Kier molecular flexibility index (Phi) is 6.79. The normalized spacial score (nSPS) is 19.2. The lowest BCUT2D eigenvalue weighted by molar-refractivity contribution is -0.139. The van der Waals surface area contributed by atoms with Crippen LogP contribution in [-0.2, 0) is 9.53 Å². The third-order valence-corrected chi connectivity index (χ3v) is 5.83. The number of amides is 3. The van der Waals surface area contributed by atoms with E-state index < -0.39 is 12.0 Å². The minimum Gasteiger partial charge on any atom is -0.463 e. The van der Waals surface area contributed by atoms with Gasteiger partial charge in [0.25, 0.3) is 5.91 Å². The molecule has 3 heterocycles. The Morgan fingerprint density at radius 2 is 1.85 bits per heavy atom. The van der Waals surface area contributed by atoms with Gasteiger partial charge in [0.2, 0.25) is 0 Å². The van der Waals surface area contributed by atoms with Gasteiger partial charge in [-0.15, -0.1) is 0 Å². The van der Waals surface area contributed by atoms with Gasteiger partial charge < -0.3 is 24.7 Å². The lowest BCUT2D eigenvalue weighted by Crippen LogP contribution is -2.52. The monoisotopic (exact) mass is 452 g/mol. The van der Waals surface area contributed by atoms with Crippen LogP contribution in [0.1, 0.15) is 34.6 Å². The Morgan fingerprint density at radius 3 is 2.48 bits per heavy atom. The minimum absolute atomic E-state index is 0.138. The van der Waals surface area contributed by atoms with E-state index in [4.69, 9.17) is 9.15 Å². The topological polar surface area (TPSA) is 104 Å². The SMILES string of the molecule is CCOC(=O)C1=C(CN2CCN(C(=O)c3ccco3)CC2)NC(=O)N[C@@H]1c1ccc(C)cc1. The van der Waals surface area contributed by atoms with Crippen LogP contribution in [0.3, 0.4) is 0 Å². The number of urea groups is 1. The van der Waals surface area contributed by atoms with Crippen LogP contribution in [0.25, 0.3) is 0 Å². The maximum absolute atomic E-state index is 12.9. The van der Waals surface area contributed by atoms with Gasteiger partial charge in [0.1, 0.15) is 0 Å². The summed E-state index contributed by atoms with van der Waals surface area (Å²) in [5.41, 5.74) is 2.82. The van der Waals surface area contributed by atoms with Crippen LogP contribution in [0.2, 0.25) is 0 Å². The number of rotatable bonds is 6. The van der Waals surface area contributed by atoms with Crippen LogP contribution in [0, 0.1) is 6.92 Å². The van der Waals surface area contributed by atoms with E-state index in [1.807, 2.05) is 31.2 Å². The summed E-state index contributed by atoms with van der Waals surface area (Å²) in [5, 5.41) is 5.67. The van der Waals surface area contributed by atoms with Crippen LogP contribution >= 0.6 is 0 Å². The van der Waals surface area contributed by atoms with Crippen molar-refractivity contribution in [3.05, 3.63) is 70.8 Å². The fraction of sp³-hybridized carbons (Fsp3) is 0.375. The van der Waals surface area contributed by atoms with Crippen molar-refractivity contribution in [3.8, 4) is 0 Å². The molecule has 0 unspecified atom stereocenters. The number of hydrogen-bond acceptors (Lipinski definition) is 6. The standard InChI is InChI=1S/C24H28N4O5/c1-3-32-23(30)20-18(25-24(31)26-21(20)17-8-6-16(2)7-9-17)15-27-10-12-28(13-11-27)22(29)19-5-4-14-33-19/h4-9,14,21H,3,10-13,15H2,1-2H3,(H2,25,26,31)/t21-/m1/s1. The van der Waals surface area contributed by atoms with Crippen LogP contribution in [0.5, 0.6) is 0 Å². The molecule has 0 bridgehead atoms. The Morgan fingerprint density at radius 1 is 1.12 bits per heavy atom. The number of nitrogens with zero attached hydrogens (tertiary/aromatic N) is 2. The molecule has 1 atom stereocenters. The molecule has 1 saturated heterocycles. The molecular formula is C24H28N4O5.